The molecule has 8 heteroatoms. The van der Waals surface area contributed by atoms with E-state index in [1.54, 1.807) is 6.92 Å². The Morgan fingerprint density at radius 2 is 2.30 bits per heavy atom. The summed E-state index contributed by atoms with van der Waals surface area (Å²) in [5.74, 6) is -1.92. The Balaban J connectivity index is 0.00000110. The zero-order chi connectivity index (χ0) is 13.7. The third-order valence-electron chi connectivity index (χ3n) is 3.75. The van der Waals surface area contributed by atoms with Crippen molar-refractivity contribution in [3.8, 4) is 0 Å². The van der Waals surface area contributed by atoms with Crippen molar-refractivity contribution >= 4 is 23.6 Å². The number of thioether (sulfide) groups is 1. The van der Waals surface area contributed by atoms with E-state index >= 15 is 0 Å². The van der Waals surface area contributed by atoms with Crippen molar-refractivity contribution in [2.24, 2.45) is 5.92 Å². The molecule has 3 heterocycles. The van der Waals surface area contributed by atoms with Crippen LogP contribution in [0.25, 0.3) is 0 Å². The molecule has 6 nitrogen and oxygen atoms in total. The first-order valence-electron chi connectivity index (χ1n) is 6.29. The zero-order valence-corrected chi connectivity index (χ0v) is 14.2. The molecule has 1 amide bonds. The van der Waals surface area contributed by atoms with E-state index in [1.165, 1.54) is 16.7 Å². The summed E-state index contributed by atoms with van der Waals surface area (Å²) >= 11 is 1.35. The van der Waals surface area contributed by atoms with Crippen molar-refractivity contribution in [3.05, 3.63) is 10.6 Å². The van der Waals surface area contributed by atoms with Crippen LogP contribution in [0.2, 0.25) is 0 Å². The smallest absolute Gasteiger partial charge is 1.00 e. The topological polar surface area (TPSA) is 87.1 Å². The number of aliphatic hydroxyl groups is 1. The minimum Gasteiger partial charge on any atom is -1.00 e. The van der Waals surface area contributed by atoms with Gasteiger partial charge in [-0.05, 0) is 19.8 Å². The van der Waals surface area contributed by atoms with Crippen molar-refractivity contribution < 1.29 is 55.5 Å². The summed E-state index contributed by atoms with van der Waals surface area (Å²) in [6.07, 6.45) is 0.706. The Morgan fingerprint density at radius 3 is 2.80 bits per heavy atom. The van der Waals surface area contributed by atoms with Gasteiger partial charge < -0.3 is 16.4 Å². The van der Waals surface area contributed by atoms with Crippen LogP contribution in [0.5, 0.6) is 0 Å². The van der Waals surface area contributed by atoms with Gasteiger partial charge in [-0.1, -0.05) is 11.8 Å². The molecule has 2 N–H and O–H groups in total. The molecular weight excluding hydrogens is 293 g/mol. The standard InChI is InChI=1S/C12H15NO5S.Na.H/c1-5(14)7-10(15)13-8(12(16)17)9(19-11(7)13)6-3-2-4-18-6;;/h5-7,11,14H,2-4H2,1H3,(H,16,17);;/q;+1;-1/t5-,6-,7+,11-;;/m1../s1. The fourth-order valence-corrected chi connectivity index (χ4v) is 4.52. The van der Waals surface area contributed by atoms with Gasteiger partial charge in [0.15, 0.2) is 0 Å². The molecule has 3 aliphatic heterocycles. The van der Waals surface area contributed by atoms with Gasteiger partial charge >= 0.3 is 35.5 Å². The van der Waals surface area contributed by atoms with E-state index in [9.17, 15) is 19.8 Å². The van der Waals surface area contributed by atoms with Gasteiger partial charge in [-0.2, -0.15) is 0 Å². The number of carbonyl (C=O) groups is 2. The van der Waals surface area contributed by atoms with Crippen LogP contribution in [0.3, 0.4) is 0 Å². The van der Waals surface area contributed by atoms with Crippen LogP contribution in [0, 0.1) is 5.92 Å². The van der Waals surface area contributed by atoms with Crippen LogP contribution in [0.4, 0.5) is 0 Å². The molecule has 0 aliphatic carbocycles. The molecule has 4 atom stereocenters. The van der Waals surface area contributed by atoms with E-state index in [-0.39, 0.29) is 54.1 Å². The van der Waals surface area contributed by atoms with Crippen molar-refractivity contribution in [2.45, 2.75) is 37.3 Å². The number of carbonyl (C=O) groups excluding carboxylic acids is 1. The summed E-state index contributed by atoms with van der Waals surface area (Å²) in [7, 11) is 0. The minimum atomic E-state index is -1.10. The molecule has 0 bridgehead atoms. The molecule has 0 aromatic rings. The van der Waals surface area contributed by atoms with Crippen molar-refractivity contribution in [3.63, 3.8) is 0 Å². The monoisotopic (exact) mass is 309 g/mol. The Bertz CT molecular complexity index is 480. The number of rotatable bonds is 3. The zero-order valence-electron chi connectivity index (χ0n) is 12.4. The molecular formula is C12H16NNaO5S. The van der Waals surface area contributed by atoms with Gasteiger partial charge in [-0.3, -0.25) is 9.69 Å². The number of carboxylic acids is 1. The molecule has 0 aromatic carbocycles. The van der Waals surface area contributed by atoms with E-state index < -0.39 is 18.0 Å². The number of hydrogen-bond donors (Lipinski definition) is 2. The maximum absolute atomic E-state index is 12.0. The maximum Gasteiger partial charge on any atom is 1.00 e. The van der Waals surface area contributed by atoms with Gasteiger partial charge in [0.25, 0.3) is 0 Å². The van der Waals surface area contributed by atoms with Crippen LogP contribution in [-0.2, 0) is 14.3 Å². The number of β-lactam (4-membered cyclic amide) rings is 1. The third kappa shape index (κ3) is 2.34. The predicted octanol–water partition coefficient (Wildman–Crippen LogP) is -2.51. The summed E-state index contributed by atoms with van der Waals surface area (Å²) in [5, 5.41) is 18.6. The molecule has 2 fully saturated rings. The van der Waals surface area contributed by atoms with E-state index in [0.29, 0.717) is 11.5 Å². The van der Waals surface area contributed by atoms with Crippen LogP contribution < -0.4 is 29.6 Å². The SMILES string of the molecule is C[C@@H](O)[C@H]1C(=O)N2C(C(=O)O)=C([C@H]3CCCO3)S[C@H]12.[H-].[Na+]. The number of fused-ring (bicyclic) bond motifs is 1. The fourth-order valence-electron chi connectivity index (χ4n) is 2.82. The van der Waals surface area contributed by atoms with E-state index in [2.05, 4.69) is 0 Å². The van der Waals surface area contributed by atoms with Crippen LogP contribution in [-0.4, -0.2) is 51.2 Å². The summed E-state index contributed by atoms with van der Waals surface area (Å²) in [6.45, 7) is 2.19. The molecule has 0 unspecified atom stereocenters. The average Bonchev–Trinajstić information content (AvgIpc) is 2.92. The number of carboxylic acid groups (broad SMARTS) is 1. The molecule has 3 rings (SSSR count). The number of amides is 1. The summed E-state index contributed by atoms with van der Waals surface area (Å²) in [4.78, 5) is 25.3. The number of nitrogens with zero attached hydrogens (tertiary/aromatic N) is 1. The van der Waals surface area contributed by atoms with Gasteiger partial charge in [0.05, 0.1) is 18.1 Å². The fraction of sp³-hybridized carbons (Fsp3) is 0.667. The minimum absolute atomic E-state index is 0. The van der Waals surface area contributed by atoms with Gasteiger partial charge in [-0.15, -0.1) is 0 Å². The second-order valence-corrected chi connectivity index (χ2v) is 6.16. The van der Waals surface area contributed by atoms with Crippen molar-refractivity contribution in [1.82, 2.24) is 4.90 Å². The third-order valence-corrected chi connectivity index (χ3v) is 5.21. The molecule has 2 saturated heterocycles. The Hall–Kier alpha value is -0.0500. The number of aliphatic hydroxyl groups excluding tert-OH is 1. The van der Waals surface area contributed by atoms with E-state index in [4.69, 9.17) is 4.74 Å². The van der Waals surface area contributed by atoms with E-state index in [0.717, 1.165) is 12.8 Å². The Morgan fingerprint density at radius 1 is 1.60 bits per heavy atom. The number of hydrogen-bond acceptors (Lipinski definition) is 5. The van der Waals surface area contributed by atoms with Crippen molar-refractivity contribution in [1.29, 1.82) is 0 Å². The average molecular weight is 309 g/mol. The predicted molar refractivity (Wildman–Crippen MR) is 68.1 cm³/mol. The molecule has 0 spiro atoms. The first-order chi connectivity index (χ1) is 9.02. The second kappa shape index (κ2) is 5.98. The normalized spacial score (nSPS) is 33.6. The maximum atomic E-state index is 12.0. The first-order valence-corrected chi connectivity index (χ1v) is 7.17. The van der Waals surface area contributed by atoms with Crippen LogP contribution in [0.15, 0.2) is 10.6 Å². The molecule has 0 aromatic heterocycles. The Labute approximate surface area is 144 Å². The van der Waals surface area contributed by atoms with E-state index in [1.807, 2.05) is 0 Å². The summed E-state index contributed by atoms with van der Waals surface area (Å²) in [6, 6.07) is 0. The van der Waals surface area contributed by atoms with Gasteiger partial charge in [-0.25, -0.2) is 4.79 Å². The molecule has 106 valence electrons. The second-order valence-electron chi connectivity index (χ2n) is 5.00. The number of ether oxygens (including phenoxy) is 1. The first kappa shape index (κ1) is 16.3. The quantitative estimate of drug-likeness (QED) is 0.442. The van der Waals surface area contributed by atoms with Crippen LogP contribution >= 0.6 is 11.8 Å². The Kier molecular flexibility index (Phi) is 4.88. The number of aliphatic carboxylic acids is 1. The van der Waals surface area contributed by atoms with Crippen LogP contribution in [0.1, 0.15) is 21.2 Å². The summed E-state index contributed by atoms with van der Waals surface area (Å²) < 4.78 is 5.53. The van der Waals surface area contributed by atoms with Gasteiger partial charge in [0, 0.05) is 11.5 Å². The van der Waals surface area contributed by atoms with Gasteiger partial charge in [0.1, 0.15) is 11.1 Å². The summed E-state index contributed by atoms with van der Waals surface area (Å²) in [5.41, 5.74) is 0.0452. The van der Waals surface area contributed by atoms with Gasteiger partial charge in [0.2, 0.25) is 5.91 Å². The largest absolute Gasteiger partial charge is 1.00 e. The van der Waals surface area contributed by atoms with Crippen molar-refractivity contribution in [2.75, 3.05) is 6.61 Å². The molecule has 3 aliphatic rings. The molecule has 20 heavy (non-hydrogen) atoms. The molecule has 0 saturated carbocycles. The molecule has 0 radical (unpaired) electrons.